The number of aromatic nitrogens is 2. The molecule has 0 aliphatic carbocycles. The first-order chi connectivity index (χ1) is 9.81. The molecule has 0 spiro atoms. The van der Waals surface area contributed by atoms with E-state index in [0.717, 1.165) is 39.0 Å². The van der Waals surface area contributed by atoms with Gasteiger partial charge in [-0.05, 0) is 57.2 Å². The van der Waals surface area contributed by atoms with Gasteiger partial charge in [0.05, 0.1) is 6.54 Å². The first-order valence-corrected chi connectivity index (χ1v) is 7.79. The van der Waals surface area contributed by atoms with Gasteiger partial charge in [0.1, 0.15) is 0 Å². The van der Waals surface area contributed by atoms with Crippen molar-refractivity contribution in [2.24, 2.45) is 5.92 Å². The average molecular weight is 276 g/mol. The van der Waals surface area contributed by atoms with Gasteiger partial charge >= 0.3 is 0 Å². The van der Waals surface area contributed by atoms with Crippen molar-refractivity contribution in [3.63, 3.8) is 0 Å². The Labute approximate surface area is 120 Å². The fourth-order valence-corrected chi connectivity index (χ4v) is 3.40. The van der Waals surface area contributed by atoms with Crippen LogP contribution in [0.2, 0.25) is 0 Å². The van der Waals surface area contributed by atoms with Gasteiger partial charge in [-0.3, -0.25) is 14.8 Å². The highest BCUT2D eigenvalue weighted by Crippen LogP contribution is 2.20. The lowest BCUT2D eigenvalue weighted by Crippen LogP contribution is -2.45. The predicted molar refractivity (Wildman–Crippen MR) is 77.3 cm³/mol. The largest absolute Gasteiger partial charge is 0.341 e. The number of aromatic amines is 1. The lowest BCUT2D eigenvalue weighted by Gasteiger charge is -2.33. The van der Waals surface area contributed by atoms with Gasteiger partial charge in [0, 0.05) is 25.0 Å². The van der Waals surface area contributed by atoms with E-state index in [9.17, 15) is 4.79 Å². The van der Waals surface area contributed by atoms with Crippen molar-refractivity contribution in [3.05, 3.63) is 18.0 Å². The van der Waals surface area contributed by atoms with Crippen LogP contribution < -0.4 is 0 Å². The minimum absolute atomic E-state index is 0.321. The fourth-order valence-electron chi connectivity index (χ4n) is 3.40. The summed E-state index contributed by atoms with van der Waals surface area (Å²) in [6.07, 6.45) is 7.64. The van der Waals surface area contributed by atoms with E-state index in [0.29, 0.717) is 18.4 Å². The molecule has 2 aliphatic heterocycles. The topological polar surface area (TPSA) is 52.2 Å². The van der Waals surface area contributed by atoms with E-state index >= 15 is 0 Å². The van der Waals surface area contributed by atoms with Crippen molar-refractivity contribution >= 4 is 5.91 Å². The highest BCUT2D eigenvalue weighted by atomic mass is 16.2. The molecule has 110 valence electrons. The minimum Gasteiger partial charge on any atom is -0.341 e. The number of amides is 1. The molecule has 1 amide bonds. The number of carbonyl (C=O) groups is 1. The normalized spacial score (nSPS) is 24.2. The third-order valence-electron chi connectivity index (χ3n) is 4.50. The van der Waals surface area contributed by atoms with Crippen LogP contribution in [-0.2, 0) is 11.2 Å². The predicted octanol–water partition coefficient (Wildman–Crippen LogP) is 1.29. The number of rotatable bonds is 4. The molecule has 1 aromatic heterocycles. The van der Waals surface area contributed by atoms with Gasteiger partial charge in [0.25, 0.3) is 0 Å². The van der Waals surface area contributed by atoms with Gasteiger partial charge < -0.3 is 4.90 Å². The second kappa shape index (κ2) is 6.39. The number of hydrogen-bond donors (Lipinski definition) is 1. The number of nitrogens with zero attached hydrogens (tertiary/aromatic N) is 3. The van der Waals surface area contributed by atoms with E-state index in [2.05, 4.69) is 20.0 Å². The highest BCUT2D eigenvalue weighted by Gasteiger charge is 2.25. The van der Waals surface area contributed by atoms with Gasteiger partial charge in [0.15, 0.2) is 0 Å². The molecule has 20 heavy (non-hydrogen) atoms. The molecule has 5 heteroatoms. The van der Waals surface area contributed by atoms with Crippen molar-refractivity contribution in [2.45, 2.75) is 32.1 Å². The van der Waals surface area contributed by atoms with Crippen LogP contribution in [0.25, 0.3) is 0 Å². The van der Waals surface area contributed by atoms with Crippen LogP contribution in [0.5, 0.6) is 0 Å². The Kier molecular flexibility index (Phi) is 4.35. The summed E-state index contributed by atoms with van der Waals surface area (Å²) in [6.45, 7) is 4.66. The maximum absolute atomic E-state index is 12.4. The zero-order chi connectivity index (χ0) is 13.8. The van der Waals surface area contributed by atoms with Crippen LogP contribution in [-0.4, -0.2) is 58.6 Å². The van der Waals surface area contributed by atoms with Crippen LogP contribution in [0, 0.1) is 5.92 Å². The summed E-state index contributed by atoms with van der Waals surface area (Å²) in [5.74, 6) is 0.896. The minimum atomic E-state index is 0.321. The second-order valence-corrected chi connectivity index (χ2v) is 6.12. The highest BCUT2D eigenvalue weighted by molar-refractivity contribution is 5.78. The lowest BCUT2D eigenvalue weighted by atomic mass is 9.93. The molecule has 1 aromatic rings. The molecular formula is C15H24N4O. The molecule has 3 heterocycles. The van der Waals surface area contributed by atoms with Crippen molar-refractivity contribution in [1.82, 2.24) is 20.0 Å². The summed E-state index contributed by atoms with van der Waals surface area (Å²) in [5, 5.41) is 7.02. The van der Waals surface area contributed by atoms with Gasteiger partial charge in [0.2, 0.25) is 5.91 Å². The van der Waals surface area contributed by atoms with Crippen molar-refractivity contribution in [1.29, 1.82) is 0 Å². The molecule has 3 rings (SSSR count). The fraction of sp³-hybridized carbons (Fsp3) is 0.733. The van der Waals surface area contributed by atoms with E-state index in [1.54, 1.807) is 6.20 Å². The molecule has 0 bridgehead atoms. The summed E-state index contributed by atoms with van der Waals surface area (Å²) in [6, 6.07) is 2.03. The van der Waals surface area contributed by atoms with Gasteiger partial charge in [-0.1, -0.05) is 0 Å². The number of hydrogen-bond acceptors (Lipinski definition) is 3. The van der Waals surface area contributed by atoms with Crippen LogP contribution in [0.1, 0.15) is 31.4 Å². The van der Waals surface area contributed by atoms with Crippen molar-refractivity contribution in [3.8, 4) is 0 Å². The average Bonchev–Trinajstić information content (AvgIpc) is 3.12. The van der Waals surface area contributed by atoms with E-state index in [4.69, 9.17) is 0 Å². The number of piperidine rings is 1. The van der Waals surface area contributed by atoms with Crippen molar-refractivity contribution in [2.75, 3.05) is 32.7 Å². The molecule has 2 fully saturated rings. The maximum atomic E-state index is 12.4. The first kappa shape index (κ1) is 13.6. The zero-order valence-corrected chi connectivity index (χ0v) is 12.1. The Morgan fingerprint density at radius 2 is 2.15 bits per heavy atom. The van der Waals surface area contributed by atoms with Gasteiger partial charge in [-0.25, -0.2) is 0 Å². The molecule has 5 nitrogen and oxygen atoms in total. The van der Waals surface area contributed by atoms with Crippen LogP contribution in [0.4, 0.5) is 0 Å². The third-order valence-corrected chi connectivity index (χ3v) is 4.50. The Morgan fingerprint density at radius 1 is 1.30 bits per heavy atom. The molecule has 2 saturated heterocycles. The number of nitrogens with one attached hydrogen (secondary N) is 1. The molecular weight excluding hydrogens is 252 g/mol. The SMILES string of the molecule is O=C(CN1CCCC1)N1CCC[C@@H](Cc2ccn[nH]2)C1. The Morgan fingerprint density at radius 3 is 2.90 bits per heavy atom. The van der Waals surface area contributed by atoms with Gasteiger partial charge in [-0.2, -0.15) is 5.10 Å². The lowest BCUT2D eigenvalue weighted by molar-refractivity contribution is -0.134. The molecule has 0 unspecified atom stereocenters. The standard InChI is InChI=1S/C15H24N4O/c20-15(12-18-7-1-2-8-18)19-9-3-4-13(11-19)10-14-5-6-16-17-14/h5-6,13H,1-4,7-12H2,(H,16,17)/t13-/m0/s1. The molecule has 2 aliphatic rings. The smallest absolute Gasteiger partial charge is 0.236 e. The third kappa shape index (κ3) is 3.39. The molecule has 1 N–H and O–H groups in total. The van der Waals surface area contributed by atoms with E-state index < -0.39 is 0 Å². The summed E-state index contributed by atoms with van der Waals surface area (Å²) in [4.78, 5) is 16.7. The molecule has 1 atom stereocenters. The number of carbonyl (C=O) groups excluding carboxylic acids is 1. The Hall–Kier alpha value is -1.36. The van der Waals surface area contributed by atoms with Crippen LogP contribution in [0.3, 0.4) is 0 Å². The molecule has 0 radical (unpaired) electrons. The zero-order valence-electron chi connectivity index (χ0n) is 12.1. The van der Waals surface area contributed by atoms with Crippen LogP contribution in [0.15, 0.2) is 12.3 Å². The summed E-state index contributed by atoms with van der Waals surface area (Å²) in [7, 11) is 0. The van der Waals surface area contributed by atoms with Gasteiger partial charge in [-0.15, -0.1) is 0 Å². The Balaban J connectivity index is 1.50. The monoisotopic (exact) mass is 276 g/mol. The maximum Gasteiger partial charge on any atom is 0.236 e. The summed E-state index contributed by atoms with van der Waals surface area (Å²) < 4.78 is 0. The second-order valence-electron chi connectivity index (χ2n) is 6.12. The first-order valence-electron chi connectivity index (χ1n) is 7.79. The Bertz CT molecular complexity index is 425. The van der Waals surface area contributed by atoms with E-state index in [1.165, 1.54) is 25.0 Å². The molecule has 0 saturated carbocycles. The summed E-state index contributed by atoms with van der Waals surface area (Å²) >= 11 is 0. The summed E-state index contributed by atoms with van der Waals surface area (Å²) in [5.41, 5.74) is 1.18. The number of H-pyrrole nitrogens is 1. The van der Waals surface area contributed by atoms with E-state index in [-0.39, 0.29) is 0 Å². The molecule has 0 aromatic carbocycles. The van der Waals surface area contributed by atoms with Crippen LogP contribution >= 0.6 is 0 Å². The number of likely N-dealkylation sites (tertiary alicyclic amines) is 2. The quantitative estimate of drug-likeness (QED) is 0.901. The van der Waals surface area contributed by atoms with E-state index in [1.807, 2.05) is 6.07 Å². The van der Waals surface area contributed by atoms with Crippen molar-refractivity contribution < 1.29 is 4.79 Å².